The zero-order valence-electron chi connectivity index (χ0n) is 17.4. The van der Waals surface area contributed by atoms with E-state index in [0.717, 1.165) is 26.6 Å². The molecule has 0 fully saturated rings. The van der Waals surface area contributed by atoms with Gasteiger partial charge in [-0.15, -0.1) is 11.3 Å². The molecule has 160 valence electrons. The molecule has 2 N–H and O–H groups in total. The number of H-pyrrole nitrogens is 1. The van der Waals surface area contributed by atoms with Crippen molar-refractivity contribution in [2.45, 2.75) is 33.4 Å². The molecule has 0 aliphatic heterocycles. The van der Waals surface area contributed by atoms with E-state index in [4.69, 9.17) is 4.74 Å². The molecule has 4 aromatic rings. The molecule has 0 bridgehead atoms. The Morgan fingerprint density at radius 3 is 2.77 bits per heavy atom. The fourth-order valence-corrected chi connectivity index (χ4v) is 4.15. The van der Waals surface area contributed by atoms with E-state index in [0.29, 0.717) is 17.0 Å². The summed E-state index contributed by atoms with van der Waals surface area (Å²) < 4.78 is 6.63. The second-order valence-corrected chi connectivity index (χ2v) is 8.27. The van der Waals surface area contributed by atoms with E-state index < -0.39 is 0 Å². The number of aromatic nitrogens is 5. The first kappa shape index (κ1) is 20.7. The van der Waals surface area contributed by atoms with Crippen LogP contribution in [0.4, 0.5) is 0 Å². The SMILES string of the molecule is COc1ccc(-c2n[nH]c(CNC(=O)CCn3cnc4sc(C)c(C)c4c3=O)n2)cc1. The number of benzene rings is 1. The fraction of sp³-hybridized carbons (Fsp3) is 0.286. The number of nitrogens with one attached hydrogen (secondary N) is 2. The molecule has 0 atom stereocenters. The summed E-state index contributed by atoms with van der Waals surface area (Å²) in [6, 6.07) is 7.40. The zero-order chi connectivity index (χ0) is 22.0. The van der Waals surface area contributed by atoms with Crippen molar-refractivity contribution in [2.75, 3.05) is 7.11 Å². The number of aryl methyl sites for hydroxylation is 3. The van der Waals surface area contributed by atoms with Crippen LogP contribution in [0, 0.1) is 13.8 Å². The number of ether oxygens (including phenoxy) is 1. The maximum Gasteiger partial charge on any atom is 0.262 e. The highest BCUT2D eigenvalue weighted by Gasteiger charge is 2.13. The second kappa shape index (κ2) is 8.68. The van der Waals surface area contributed by atoms with Gasteiger partial charge in [0, 0.05) is 23.4 Å². The summed E-state index contributed by atoms with van der Waals surface area (Å²) in [4.78, 5) is 35.5. The normalized spacial score (nSPS) is 11.1. The third kappa shape index (κ3) is 4.33. The predicted molar refractivity (Wildman–Crippen MR) is 118 cm³/mol. The number of thiophene rings is 1. The lowest BCUT2D eigenvalue weighted by Crippen LogP contribution is -2.27. The van der Waals surface area contributed by atoms with Crippen LogP contribution in [-0.4, -0.2) is 37.7 Å². The number of hydrogen-bond donors (Lipinski definition) is 2. The van der Waals surface area contributed by atoms with Gasteiger partial charge in [0.1, 0.15) is 16.4 Å². The summed E-state index contributed by atoms with van der Waals surface area (Å²) in [5.41, 5.74) is 1.68. The second-order valence-electron chi connectivity index (χ2n) is 7.07. The van der Waals surface area contributed by atoms with Gasteiger partial charge < -0.3 is 10.1 Å². The minimum atomic E-state index is -0.187. The number of carbonyl (C=O) groups is 1. The number of amides is 1. The number of carbonyl (C=O) groups excluding carboxylic acids is 1. The van der Waals surface area contributed by atoms with E-state index in [2.05, 4.69) is 25.5 Å². The first-order valence-electron chi connectivity index (χ1n) is 9.74. The lowest BCUT2D eigenvalue weighted by molar-refractivity contribution is -0.121. The molecule has 0 aliphatic carbocycles. The standard InChI is InChI=1S/C21H22N6O3S/c1-12-13(2)31-20-18(12)21(29)27(11-23-20)9-8-17(28)22-10-16-24-19(26-25-16)14-4-6-15(30-3)7-5-14/h4-7,11H,8-10H2,1-3H3,(H,22,28)(H,24,25,26). The van der Waals surface area contributed by atoms with E-state index >= 15 is 0 Å². The van der Waals surface area contributed by atoms with Crippen molar-refractivity contribution in [1.82, 2.24) is 30.0 Å². The molecule has 1 amide bonds. The Morgan fingerprint density at radius 2 is 2.03 bits per heavy atom. The average molecular weight is 439 g/mol. The summed E-state index contributed by atoms with van der Waals surface area (Å²) in [5.74, 6) is 1.65. The average Bonchev–Trinajstić information content (AvgIpc) is 3.37. The van der Waals surface area contributed by atoms with E-state index in [-0.39, 0.29) is 31.0 Å². The van der Waals surface area contributed by atoms with Crippen LogP contribution in [0.5, 0.6) is 5.75 Å². The number of methoxy groups -OCH3 is 1. The summed E-state index contributed by atoms with van der Waals surface area (Å²) in [6.07, 6.45) is 1.67. The number of aromatic amines is 1. The highest BCUT2D eigenvalue weighted by molar-refractivity contribution is 7.18. The van der Waals surface area contributed by atoms with Crippen molar-refractivity contribution in [3.05, 3.63) is 57.2 Å². The van der Waals surface area contributed by atoms with Gasteiger partial charge in [-0.25, -0.2) is 9.97 Å². The molecule has 9 nitrogen and oxygen atoms in total. The minimum absolute atomic E-state index is 0.112. The largest absolute Gasteiger partial charge is 0.497 e. The predicted octanol–water partition coefficient (Wildman–Crippen LogP) is 2.58. The third-order valence-electron chi connectivity index (χ3n) is 5.07. The van der Waals surface area contributed by atoms with Gasteiger partial charge in [0.2, 0.25) is 5.91 Å². The highest BCUT2D eigenvalue weighted by atomic mass is 32.1. The van der Waals surface area contributed by atoms with Gasteiger partial charge in [0.15, 0.2) is 5.82 Å². The molecule has 0 unspecified atom stereocenters. The van der Waals surface area contributed by atoms with E-state index in [1.807, 2.05) is 38.1 Å². The zero-order valence-corrected chi connectivity index (χ0v) is 18.2. The number of rotatable bonds is 7. The van der Waals surface area contributed by atoms with Crippen LogP contribution in [0.2, 0.25) is 0 Å². The number of hydrogen-bond acceptors (Lipinski definition) is 7. The molecular formula is C21H22N6O3S. The first-order valence-corrected chi connectivity index (χ1v) is 10.6. The van der Waals surface area contributed by atoms with Crippen molar-refractivity contribution in [2.24, 2.45) is 0 Å². The van der Waals surface area contributed by atoms with Crippen LogP contribution in [0.25, 0.3) is 21.6 Å². The molecule has 0 saturated carbocycles. The van der Waals surface area contributed by atoms with Crippen molar-refractivity contribution < 1.29 is 9.53 Å². The third-order valence-corrected chi connectivity index (χ3v) is 6.18. The Bertz CT molecular complexity index is 1290. The van der Waals surface area contributed by atoms with Gasteiger partial charge in [-0.3, -0.25) is 19.3 Å². The summed E-state index contributed by atoms with van der Waals surface area (Å²) in [5, 5.41) is 10.4. The van der Waals surface area contributed by atoms with Gasteiger partial charge in [0.05, 0.1) is 25.4 Å². The maximum atomic E-state index is 12.7. The molecule has 31 heavy (non-hydrogen) atoms. The van der Waals surface area contributed by atoms with E-state index in [9.17, 15) is 9.59 Å². The Hall–Kier alpha value is -3.53. The van der Waals surface area contributed by atoms with Crippen LogP contribution >= 0.6 is 11.3 Å². The Kier molecular flexibility index (Phi) is 5.81. The van der Waals surface area contributed by atoms with Crippen molar-refractivity contribution in [3.8, 4) is 17.1 Å². The first-order chi connectivity index (χ1) is 15.0. The summed E-state index contributed by atoms with van der Waals surface area (Å²) in [6.45, 7) is 4.38. The molecule has 3 heterocycles. The molecule has 3 aromatic heterocycles. The quantitative estimate of drug-likeness (QED) is 0.458. The van der Waals surface area contributed by atoms with Crippen LogP contribution in [0.3, 0.4) is 0 Å². The lowest BCUT2D eigenvalue weighted by Gasteiger charge is -2.06. The highest BCUT2D eigenvalue weighted by Crippen LogP contribution is 2.25. The Morgan fingerprint density at radius 1 is 1.26 bits per heavy atom. The summed E-state index contributed by atoms with van der Waals surface area (Å²) in [7, 11) is 1.61. The molecule has 0 saturated heterocycles. The van der Waals surface area contributed by atoms with Crippen LogP contribution in [-0.2, 0) is 17.9 Å². The molecular weight excluding hydrogens is 416 g/mol. The van der Waals surface area contributed by atoms with Gasteiger partial charge in [-0.2, -0.15) is 5.10 Å². The molecule has 1 aromatic carbocycles. The molecule has 10 heteroatoms. The summed E-state index contributed by atoms with van der Waals surface area (Å²) >= 11 is 1.51. The number of fused-ring (bicyclic) bond motifs is 1. The monoisotopic (exact) mass is 438 g/mol. The van der Waals surface area contributed by atoms with Crippen LogP contribution < -0.4 is 15.6 Å². The van der Waals surface area contributed by atoms with Crippen LogP contribution in [0.1, 0.15) is 22.7 Å². The van der Waals surface area contributed by atoms with Gasteiger partial charge in [-0.1, -0.05) is 0 Å². The Balaban J connectivity index is 1.34. The minimum Gasteiger partial charge on any atom is -0.497 e. The molecule has 0 aliphatic rings. The van der Waals surface area contributed by atoms with E-state index in [1.54, 1.807) is 7.11 Å². The van der Waals surface area contributed by atoms with Gasteiger partial charge >= 0.3 is 0 Å². The topological polar surface area (TPSA) is 115 Å². The molecule has 0 radical (unpaired) electrons. The fourth-order valence-electron chi connectivity index (χ4n) is 3.17. The number of nitrogens with zero attached hydrogens (tertiary/aromatic N) is 4. The van der Waals surface area contributed by atoms with Gasteiger partial charge in [0.25, 0.3) is 5.56 Å². The maximum absolute atomic E-state index is 12.7. The van der Waals surface area contributed by atoms with Crippen molar-refractivity contribution in [3.63, 3.8) is 0 Å². The van der Waals surface area contributed by atoms with Gasteiger partial charge in [-0.05, 0) is 43.7 Å². The molecule has 0 spiro atoms. The van der Waals surface area contributed by atoms with Crippen molar-refractivity contribution >= 4 is 27.5 Å². The van der Waals surface area contributed by atoms with E-state index in [1.165, 1.54) is 22.2 Å². The lowest BCUT2D eigenvalue weighted by atomic mass is 10.2. The Labute approximate surface area is 182 Å². The van der Waals surface area contributed by atoms with Crippen molar-refractivity contribution in [1.29, 1.82) is 0 Å². The smallest absolute Gasteiger partial charge is 0.262 e. The van der Waals surface area contributed by atoms with Crippen LogP contribution in [0.15, 0.2) is 35.4 Å². The molecule has 4 rings (SSSR count).